The zero-order valence-corrected chi connectivity index (χ0v) is 12.8. The van der Waals surface area contributed by atoms with E-state index >= 15 is 0 Å². The molecule has 0 aliphatic rings. The predicted molar refractivity (Wildman–Crippen MR) is 76.7 cm³/mol. The number of aryl methyl sites for hydroxylation is 1. The largest absolute Gasteiger partial charge is 0.381 e. The van der Waals surface area contributed by atoms with Crippen molar-refractivity contribution < 1.29 is 17.5 Å². The quantitative estimate of drug-likeness (QED) is 0.714. The third kappa shape index (κ3) is 5.56. The van der Waals surface area contributed by atoms with Crippen molar-refractivity contribution in [3.05, 3.63) is 29.6 Å². The summed E-state index contributed by atoms with van der Waals surface area (Å²) in [6, 6.07) is 3.64. The SMILES string of the molecule is CCCCOCCCNS(=O)(=O)c1ccc(F)cc1C. The van der Waals surface area contributed by atoms with Gasteiger partial charge in [0, 0.05) is 19.8 Å². The molecule has 0 bridgehead atoms. The first-order valence-corrected chi connectivity index (χ1v) is 8.29. The topological polar surface area (TPSA) is 55.4 Å². The normalized spacial score (nSPS) is 11.8. The Morgan fingerprint density at radius 3 is 2.60 bits per heavy atom. The van der Waals surface area contributed by atoms with Crippen LogP contribution in [0.2, 0.25) is 0 Å². The maximum absolute atomic E-state index is 13.0. The van der Waals surface area contributed by atoms with Crippen LogP contribution in [0.1, 0.15) is 31.7 Å². The summed E-state index contributed by atoms with van der Waals surface area (Å²) in [7, 11) is -3.58. The third-order valence-corrected chi connectivity index (χ3v) is 4.45. The molecule has 0 heterocycles. The van der Waals surface area contributed by atoms with Crippen LogP contribution in [0.4, 0.5) is 4.39 Å². The van der Waals surface area contributed by atoms with Crippen molar-refractivity contribution in [2.45, 2.75) is 38.0 Å². The Bertz CT molecular complexity index is 517. The molecule has 0 fully saturated rings. The predicted octanol–water partition coefficient (Wildman–Crippen LogP) is 2.62. The number of unbranched alkanes of at least 4 members (excludes halogenated alkanes) is 1. The highest BCUT2D eigenvalue weighted by Gasteiger charge is 2.16. The van der Waals surface area contributed by atoms with E-state index in [1.165, 1.54) is 12.1 Å². The molecule has 0 aliphatic carbocycles. The van der Waals surface area contributed by atoms with Gasteiger partial charge in [-0.1, -0.05) is 13.3 Å². The summed E-state index contributed by atoms with van der Waals surface area (Å²) in [5.74, 6) is -0.439. The molecule has 6 heteroatoms. The van der Waals surface area contributed by atoms with Crippen molar-refractivity contribution >= 4 is 10.0 Å². The van der Waals surface area contributed by atoms with Crippen LogP contribution in [-0.4, -0.2) is 28.2 Å². The van der Waals surface area contributed by atoms with Gasteiger partial charge in [-0.15, -0.1) is 0 Å². The van der Waals surface area contributed by atoms with Crippen molar-refractivity contribution in [3.8, 4) is 0 Å². The Morgan fingerprint density at radius 2 is 1.95 bits per heavy atom. The molecule has 0 spiro atoms. The number of ether oxygens (including phenoxy) is 1. The molecule has 0 unspecified atom stereocenters. The highest BCUT2D eigenvalue weighted by molar-refractivity contribution is 7.89. The van der Waals surface area contributed by atoms with Crippen molar-refractivity contribution in [1.82, 2.24) is 4.72 Å². The minimum Gasteiger partial charge on any atom is -0.381 e. The zero-order valence-electron chi connectivity index (χ0n) is 12.0. The van der Waals surface area contributed by atoms with E-state index in [2.05, 4.69) is 11.6 Å². The first-order chi connectivity index (χ1) is 9.47. The maximum atomic E-state index is 13.0. The molecule has 0 saturated heterocycles. The van der Waals surface area contributed by atoms with Crippen LogP contribution in [0.3, 0.4) is 0 Å². The van der Waals surface area contributed by atoms with E-state index < -0.39 is 15.8 Å². The molecule has 0 atom stereocenters. The fourth-order valence-corrected chi connectivity index (χ4v) is 3.02. The summed E-state index contributed by atoms with van der Waals surface area (Å²) in [4.78, 5) is 0.116. The highest BCUT2D eigenvalue weighted by atomic mass is 32.2. The summed E-state index contributed by atoms with van der Waals surface area (Å²) in [6.07, 6.45) is 2.71. The second kappa shape index (κ2) is 8.34. The molecule has 0 saturated carbocycles. The molecule has 0 radical (unpaired) electrons. The van der Waals surface area contributed by atoms with Gasteiger partial charge in [0.1, 0.15) is 5.82 Å². The Balaban J connectivity index is 2.42. The number of hydrogen-bond donors (Lipinski definition) is 1. The Morgan fingerprint density at radius 1 is 1.25 bits per heavy atom. The van der Waals surface area contributed by atoms with Crippen LogP contribution < -0.4 is 4.72 Å². The Kier molecular flexibility index (Phi) is 7.12. The number of hydrogen-bond acceptors (Lipinski definition) is 3. The fourth-order valence-electron chi connectivity index (χ4n) is 1.72. The molecule has 0 aromatic heterocycles. The molecule has 0 aliphatic heterocycles. The maximum Gasteiger partial charge on any atom is 0.240 e. The minimum absolute atomic E-state index is 0.116. The standard InChI is InChI=1S/C14H22FNO3S/c1-3-4-9-19-10-5-8-16-20(17,18)14-7-6-13(15)11-12(14)2/h6-7,11,16H,3-5,8-10H2,1-2H3. The summed E-state index contributed by atoms with van der Waals surface area (Å²) in [5, 5.41) is 0. The molecule has 1 aromatic rings. The van der Waals surface area contributed by atoms with Crippen LogP contribution in [0, 0.1) is 12.7 Å². The van der Waals surface area contributed by atoms with Gasteiger partial charge in [0.15, 0.2) is 0 Å². The zero-order chi connectivity index (χ0) is 15.0. The molecule has 114 valence electrons. The average Bonchev–Trinajstić information content (AvgIpc) is 2.37. The van der Waals surface area contributed by atoms with E-state index in [-0.39, 0.29) is 4.90 Å². The van der Waals surface area contributed by atoms with Gasteiger partial charge in [-0.05, 0) is 43.5 Å². The van der Waals surface area contributed by atoms with Gasteiger partial charge in [-0.3, -0.25) is 0 Å². The first-order valence-electron chi connectivity index (χ1n) is 6.81. The minimum atomic E-state index is -3.58. The van der Waals surface area contributed by atoms with E-state index in [1.807, 2.05) is 0 Å². The summed E-state index contributed by atoms with van der Waals surface area (Å²) >= 11 is 0. The van der Waals surface area contributed by atoms with E-state index in [4.69, 9.17) is 4.74 Å². The van der Waals surface area contributed by atoms with Gasteiger partial charge in [0.2, 0.25) is 10.0 Å². The van der Waals surface area contributed by atoms with Crippen LogP contribution in [0.15, 0.2) is 23.1 Å². The summed E-state index contributed by atoms with van der Waals surface area (Å²) in [6.45, 7) is 5.21. The Hall–Kier alpha value is -0.980. The van der Waals surface area contributed by atoms with Crippen LogP contribution >= 0.6 is 0 Å². The molecule has 1 rings (SSSR count). The fraction of sp³-hybridized carbons (Fsp3) is 0.571. The lowest BCUT2D eigenvalue weighted by Gasteiger charge is -2.09. The second-order valence-electron chi connectivity index (χ2n) is 4.63. The van der Waals surface area contributed by atoms with Crippen LogP contribution in [0.25, 0.3) is 0 Å². The monoisotopic (exact) mass is 303 g/mol. The van der Waals surface area contributed by atoms with Crippen molar-refractivity contribution in [1.29, 1.82) is 0 Å². The third-order valence-electron chi connectivity index (χ3n) is 2.83. The number of sulfonamides is 1. The molecule has 1 N–H and O–H groups in total. The Labute approximate surface area is 120 Å². The van der Waals surface area contributed by atoms with E-state index in [0.29, 0.717) is 31.7 Å². The first kappa shape index (κ1) is 17.1. The van der Waals surface area contributed by atoms with Crippen LogP contribution in [-0.2, 0) is 14.8 Å². The lowest BCUT2D eigenvalue weighted by Crippen LogP contribution is -2.26. The van der Waals surface area contributed by atoms with Gasteiger partial charge in [0.05, 0.1) is 4.90 Å². The van der Waals surface area contributed by atoms with Crippen LogP contribution in [0.5, 0.6) is 0 Å². The van der Waals surface area contributed by atoms with Gasteiger partial charge in [0.25, 0.3) is 0 Å². The smallest absolute Gasteiger partial charge is 0.240 e. The van der Waals surface area contributed by atoms with Crippen molar-refractivity contribution in [2.75, 3.05) is 19.8 Å². The average molecular weight is 303 g/mol. The molecular formula is C14H22FNO3S. The van der Waals surface area contributed by atoms with E-state index in [9.17, 15) is 12.8 Å². The lowest BCUT2D eigenvalue weighted by molar-refractivity contribution is 0.130. The number of rotatable bonds is 9. The van der Waals surface area contributed by atoms with Crippen molar-refractivity contribution in [2.24, 2.45) is 0 Å². The number of benzene rings is 1. The molecule has 0 amide bonds. The lowest BCUT2D eigenvalue weighted by atomic mass is 10.2. The van der Waals surface area contributed by atoms with Gasteiger partial charge >= 0.3 is 0 Å². The highest BCUT2D eigenvalue weighted by Crippen LogP contribution is 2.15. The van der Waals surface area contributed by atoms with Gasteiger partial charge < -0.3 is 4.74 Å². The molecule has 20 heavy (non-hydrogen) atoms. The molecular weight excluding hydrogens is 281 g/mol. The summed E-state index contributed by atoms with van der Waals surface area (Å²) in [5.41, 5.74) is 0.400. The number of halogens is 1. The molecule has 4 nitrogen and oxygen atoms in total. The molecule has 1 aromatic carbocycles. The second-order valence-corrected chi connectivity index (χ2v) is 6.36. The van der Waals surface area contributed by atoms with Crippen molar-refractivity contribution in [3.63, 3.8) is 0 Å². The van der Waals surface area contributed by atoms with E-state index in [0.717, 1.165) is 18.9 Å². The number of nitrogens with one attached hydrogen (secondary N) is 1. The summed E-state index contributed by atoms with van der Waals surface area (Å²) < 4.78 is 44.9. The van der Waals surface area contributed by atoms with Gasteiger partial charge in [-0.2, -0.15) is 0 Å². The van der Waals surface area contributed by atoms with E-state index in [1.54, 1.807) is 6.92 Å². The van der Waals surface area contributed by atoms with Gasteiger partial charge in [-0.25, -0.2) is 17.5 Å².